The first-order valence-electron chi connectivity index (χ1n) is 7.35. The maximum Gasteiger partial charge on any atom is 0.223 e. The van der Waals surface area contributed by atoms with E-state index in [0.29, 0.717) is 19.6 Å². The number of aryl methyl sites for hydroxylation is 2. The van der Waals surface area contributed by atoms with Gasteiger partial charge in [0, 0.05) is 63.7 Å². The summed E-state index contributed by atoms with van der Waals surface area (Å²) >= 11 is 0. The number of hydrogen-bond donors (Lipinski definition) is 1. The fraction of sp³-hybridized carbons (Fsp3) is 0.714. The summed E-state index contributed by atoms with van der Waals surface area (Å²) in [6.07, 6.45) is 2.31. The standard InChI is InChI=1S/C14H22N4O2/c1-17-13-4-5-15-10-11(13)12(16-17)2-3-14(19)18-6-8-20-9-7-18/h15H,2-10H2,1H3. The molecule has 1 N–H and O–H groups in total. The summed E-state index contributed by atoms with van der Waals surface area (Å²) in [6, 6.07) is 0. The molecule has 6 nitrogen and oxygen atoms in total. The lowest BCUT2D eigenvalue weighted by atomic mass is 10.0. The fourth-order valence-corrected chi connectivity index (χ4v) is 3.00. The highest BCUT2D eigenvalue weighted by atomic mass is 16.5. The first-order valence-corrected chi connectivity index (χ1v) is 7.35. The van der Waals surface area contributed by atoms with Crippen LogP contribution in [0.4, 0.5) is 0 Å². The minimum Gasteiger partial charge on any atom is -0.378 e. The SMILES string of the molecule is Cn1nc(CCC(=O)N2CCOCC2)c2c1CCNC2. The number of nitrogens with zero attached hydrogens (tertiary/aromatic N) is 3. The van der Waals surface area contributed by atoms with Gasteiger partial charge in [-0.15, -0.1) is 0 Å². The van der Waals surface area contributed by atoms with Crippen LogP contribution in [0.15, 0.2) is 0 Å². The van der Waals surface area contributed by atoms with Crippen LogP contribution < -0.4 is 5.32 Å². The van der Waals surface area contributed by atoms with Gasteiger partial charge < -0.3 is 15.0 Å². The Balaban J connectivity index is 1.62. The molecule has 1 fully saturated rings. The number of ether oxygens (including phenoxy) is 1. The van der Waals surface area contributed by atoms with Crippen LogP contribution in [0.2, 0.25) is 0 Å². The fourth-order valence-electron chi connectivity index (χ4n) is 3.00. The quantitative estimate of drug-likeness (QED) is 0.836. The van der Waals surface area contributed by atoms with Gasteiger partial charge in [-0.2, -0.15) is 5.10 Å². The maximum absolute atomic E-state index is 12.2. The Morgan fingerprint density at radius 3 is 3.00 bits per heavy atom. The minimum atomic E-state index is 0.219. The molecule has 0 aromatic carbocycles. The number of fused-ring (bicyclic) bond motifs is 1. The first kappa shape index (κ1) is 13.6. The zero-order valence-electron chi connectivity index (χ0n) is 12.0. The van der Waals surface area contributed by atoms with Crippen molar-refractivity contribution in [2.45, 2.75) is 25.8 Å². The molecule has 1 amide bonds. The molecule has 0 unspecified atom stereocenters. The molecule has 0 aliphatic carbocycles. The summed E-state index contributed by atoms with van der Waals surface area (Å²) in [4.78, 5) is 14.1. The van der Waals surface area contributed by atoms with Gasteiger partial charge in [0.2, 0.25) is 5.91 Å². The van der Waals surface area contributed by atoms with E-state index in [0.717, 1.165) is 44.7 Å². The molecule has 0 spiro atoms. The minimum absolute atomic E-state index is 0.219. The zero-order chi connectivity index (χ0) is 13.9. The molecule has 6 heteroatoms. The van der Waals surface area contributed by atoms with Crippen molar-refractivity contribution in [1.82, 2.24) is 20.0 Å². The molecule has 3 rings (SSSR count). The van der Waals surface area contributed by atoms with E-state index in [2.05, 4.69) is 10.4 Å². The zero-order valence-corrected chi connectivity index (χ0v) is 12.0. The normalized spacial score (nSPS) is 18.9. The second-order valence-electron chi connectivity index (χ2n) is 5.42. The third-order valence-electron chi connectivity index (χ3n) is 4.14. The Morgan fingerprint density at radius 1 is 1.40 bits per heavy atom. The number of nitrogens with one attached hydrogen (secondary N) is 1. The number of aromatic nitrogens is 2. The Kier molecular flexibility index (Phi) is 4.03. The van der Waals surface area contributed by atoms with E-state index < -0.39 is 0 Å². The van der Waals surface area contributed by atoms with Crippen molar-refractivity contribution in [1.29, 1.82) is 0 Å². The van der Waals surface area contributed by atoms with Crippen LogP contribution in [0, 0.1) is 0 Å². The molecule has 2 aliphatic heterocycles. The molecule has 20 heavy (non-hydrogen) atoms. The van der Waals surface area contributed by atoms with Gasteiger partial charge in [-0.1, -0.05) is 0 Å². The third-order valence-corrected chi connectivity index (χ3v) is 4.14. The number of hydrogen-bond acceptors (Lipinski definition) is 4. The van der Waals surface area contributed by atoms with E-state index in [9.17, 15) is 4.79 Å². The van der Waals surface area contributed by atoms with Crippen molar-refractivity contribution in [3.8, 4) is 0 Å². The highest BCUT2D eigenvalue weighted by Gasteiger charge is 2.21. The second-order valence-corrected chi connectivity index (χ2v) is 5.42. The van der Waals surface area contributed by atoms with Crippen LogP contribution in [-0.4, -0.2) is 53.4 Å². The second kappa shape index (κ2) is 5.93. The highest BCUT2D eigenvalue weighted by molar-refractivity contribution is 5.76. The molecule has 110 valence electrons. The Morgan fingerprint density at radius 2 is 2.20 bits per heavy atom. The van der Waals surface area contributed by atoms with Crippen LogP contribution in [0.25, 0.3) is 0 Å². The summed E-state index contributed by atoms with van der Waals surface area (Å²) in [7, 11) is 2.00. The van der Waals surface area contributed by atoms with Crippen LogP contribution in [0.3, 0.4) is 0 Å². The number of morpholine rings is 1. The molecule has 3 heterocycles. The third kappa shape index (κ3) is 2.71. The molecular formula is C14H22N4O2. The van der Waals surface area contributed by atoms with Crippen molar-refractivity contribution in [2.75, 3.05) is 32.8 Å². The molecular weight excluding hydrogens is 256 g/mol. The molecule has 1 saturated heterocycles. The van der Waals surface area contributed by atoms with Gasteiger partial charge in [0.25, 0.3) is 0 Å². The first-order chi connectivity index (χ1) is 9.75. The van der Waals surface area contributed by atoms with Gasteiger partial charge >= 0.3 is 0 Å². The predicted molar refractivity (Wildman–Crippen MR) is 74.3 cm³/mol. The molecule has 0 atom stereocenters. The topological polar surface area (TPSA) is 59.4 Å². The summed E-state index contributed by atoms with van der Waals surface area (Å²) in [6.45, 7) is 4.66. The summed E-state index contributed by atoms with van der Waals surface area (Å²) in [5.74, 6) is 0.219. The van der Waals surface area contributed by atoms with Crippen molar-refractivity contribution in [3.63, 3.8) is 0 Å². The van der Waals surface area contributed by atoms with Crippen LogP contribution >= 0.6 is 0 Å². The smallest absolute Gasteiger partial charge is 0.223 e. The highest BCUT2D eigenvalue weighted by Crippen LogP contribution is 2.19. The number of carbonyl (C=O) groups is 1. The Labute approximate surface area is 119 Å². The van der Waals surface area contributed by atoms with Crippen molar-refractivity contribution < 1.29 is 9.53 Å². The molecule has 1 aromatic heterocycles. The van der Waals surface area contributed by atoms with Crippen molar-refractivity contribution in [3.05, 3.63) is 17.0 Å². The average Bonchev–Trinajstić information content (AvgIpc) is 2.83. The molecule has 1 aromatic rings. The Hall–Kier alpha value is -1.40. The maximum atomic E-state index is 12.2. The van der Waals surface area contributed by atoms with Crippen LogP contribution in [-0.2, 0) is 36.0 Å². The van der Waals surface area contributed by atoms with Crippen LogP contribution in [0.5, 0.6) is 0 Å². The lowest BCUT2D eigenvalue weighted by Crippen LogP contribution is -2.40. The van der Waals surface area contributed by atoms with Gasteiger partial charge in [0.15, 0.2) is 0 Å². The van der Waals surface area contributed by atoms with Gasteiger partial charge in [-0.3, -0.25) is 9.48 Å². The number of amides is 1. The van der Waals surface area contributed by atoms with E-state index in [-0.39, 0.29) is 5.91 Å². The van der Waals surface area contributed by atoms with Gasteiger partial charge in [0.1, 0.15) is 0 Å². The molecule has 0 saturated carbocycles. The number of carbonyl (C=O) groups excluding carboxylic acids is 1. The van der Waals surface area contributed by atoms with E-state index in [1.807, 2.05) is 16.6 Å². The van der Waals surface area contributed by atoms with E-state index in [1.54, 1.807) is 0 Å². The summed E-state index contributed by atoms with van der Waals surface area (Å²) in [5.41, 5.74) is 3.70. The van der Waals surface area contributed by atoms with E-state index in [1.165, 1.54) is 11.3 Å². The molecule has 2 aliphatic rings. The van der Waals surface area contributed by atoms with Crippen molar-refractivity contribution in [2.24, 2.45) is 7.05 Å². The molecule has 0 bridgehead atoms. The Bertz CT molecular complexity index is 492. The summed E-state index contributed by atoms with van der Waals surface area (Å²) < 4.78 is 7.25. The van der Waals surface area contributed by atoms with Crippen molar-refractivity contribution >= 4 is 5.91 Å². The van der Waals surface area contributed by atoms with E-state index >= 15 is 0 Å². The number of rotatable bonds is 3. The predicted octanol–water partition coefficient (Wildman–Crippen LogP) is -0.143. The lowest BCUT2D eigenvalue weighted by molar-refractivity contribution is -0.135. The molecule has 0 radical (unpaired) electrons. The van der Waals surface area contributed by atoms with Gasteiger partial charge in [-0.25, -0.2) is 0 Å². The largest absolute Gasteiger partial charge is 0.378 e. The van der Waals surface area contributed by atoms with Gasteiger partial charge in [-0.05, 0) is 0 Å². The van der Waals surface area contributed by atoms with Crippen LogP contribution in [0.1, 0.15) is 23.4 Å². The lowest BCUT2D eigenvalue weighted by Gasteiger charge is -2.26. The average molecular weight is 278 g/mol. The van der Waals surface area contributed by atoms with E-state index in [4.69, 9.17) is 4.74 Å². The van der Waals surface area contributed by atoms with Gasteiger partial charge in [0.05, 0.1) is 18.9 Å². The summed E-state index contributed by atoms with van der Waals surface area (Å²) in [5, 5.41) is 7.97. The monoisotopic (exact) mass is 278 g/mol.